The number of likely N-dealkylation sites (tertiary alicyclic amines) is 1. The zero-order valence-corrected chi connectivity index (χ0v) is 12.9. The van der Waals surface area contributed by atoms with Crippen LogP contribution in [-0.4, -0.2) is 30.1 Å². The minimum Gasteiger partial charge on any atom is -0.309 e. The molecule has 2 heterocycles. The Balaban J connectivity index is 0.00000133. The molecule has 1 N–H and O–H groups in total. The molecular weight excluding hydrogens is 279 g/mol. The number of aryl methyl sites for hydroxylation is 1. The summed E-state index contributed by atoms with van der Waals surface area (Å²) < 4.78 is 0. The summed E-state index contributed by atoms with van der Waals surface area (Å²) in [5, 5.41) is 4.61. The number of piperazine rings is 1. The van der Waals surface area contributed by atoms with Crippen LogP contribution in [0, 0.1) is 6.92 Å². The van der Waals surface area contributed by atoms with E-state index in [0.29, 0.717) is 12.1 Å². The van der Waals surface area contributed by atoms with Gasteiger partial charge in [-0.1, -0.05) is 30.2 Å². The minimum absolute atomic E-state index is 0. The van der Waals surface area contributed by atoms with Gasteiger partial charge in [-0.15, -0.1) is 12.4 Å². The van der Waals surface area contributed by atoms with Crippen LogP contribution in [-0.2, 0) is 6.54 Å². The van der Waals surface area contributed by atoms with Gasteiger partial charge in [-0.05, 0) is 37.0 Å². The molecule has 2 nitrogen and oxygen atoms in total. The molecule has 0 saturated carbocycles. The molecule has 1 aromatic rings. The second kappa shape index (κ2) is 6.45. The Labute approximate surface area is 126 Å². The number of rotatable bonds is 2. The first-order valence-corrected chi connectivity index (χ1v) is 7.32. The smallest absolute Gasteiger partial charge is 0.0438 e. The Morgan fingerprint density at radius 1 is 1.26 bits per heavy atom. The molecule has 0 amide bonds. The van der Waals surface area contributed by atoms with Crippen LogP contribution in [0.25, 0.3) is 0 Å². The first kappa shape index (κ1) is 15.1. The molecule has 2 fully saturated rings. The highest BCUT2D eigenvalue weighted by Gasteiger charge is 2.29. The lowest BCUT2D eigenvalue weighted by atomic mass is 9.94. The van der Waals surface area contributed by atoms with Crippen LogP contribution in [0.4, 0.5) is 0 Å². The number of nitrogens with one attached hydrogen (secondary N) is 1. The fraction of sp³-hybridized carbons (Fsp3) is 0.600. The van der Waals surface area contributed by atoms with Crippen LogP contribution >= 0.6 is 24.0 Å². The Hall–Kier alpha value is -0.280. The van der Waals surface area contributed by atoms with Gasteiger partial charge in [0.25, 0.3) is 0 Å². The summed E-state index contributed by atoms with van der Waals surface area (Å²) in [5.74, 6) is 0. The lowest BCUT2D eigenvalue weighted by Crippen LogP contribution is -2.58. The summed E-state index contributed by atoms with van der Waals surface area (Å²) in [5.41, 5.74) is 2.50. The molecule has 0 aliphatic carbocycles. The van der Waals surface area contributed by atoms with Crippen molar-refractivity contribution in [1.82, 2.24) is 10.2 Å². The molecular formula is C15H22Cl2N2. The summed E-state index contributed by atoms with van der Waals surface area (Å²) in [4.78, 5) is 2.58. The van der Waals surface area contributed by atoms with Crippen molar-refractivity contribution in [2.75, 3.05) is 13.1 Å². The summed E-state index contributed by atoms with van der Waals surface area (Å²) in [7, 11) is 0. The van der Waals surface area contributed by atoms with Crippen molar-refractivity contribution in [2.24, 2.45) is 0 Å². The zero-order chi connectivity index (χ0) is 12.5. The maximum atomic E-state index is 6.20. The molecule has 2 unspecified atom stereocenters. The van der Waals surface area contributed by atoms with Crippen LogP contribution in [0.3, 0.4) is 0 Å². The zero-order valence-electron chi connectivity index (χ0n) is 11.4. The van der Waals surface area contributed by atoms with Crippen molar-refractivity contribution < 1.29 is 0 Å². The predicted octanol–water partition coefficient (Wildman–Crippen LogP) is 3.40. The average Bonchev–Trinajstić information content (AvgIpc) is 2.33. The monoisotopic (exact) mass is 300 g/mol. The van der Waals surface area contributed by atoms with E-state index in [-0.39, 0.29) is 12.4 Å². The van der Waals surface area contributed by atoms with Crippen LogP contribution in [0.2, 0.25) is 5.02 Å². The van der Waals surface area contributed by atoms with Crippen molar-refractivity contribution in [1.29, 1.82) is 0 Å². The quantitative estimate of drug-likeness (QED) is 0.900. The van der Waals surface area contributed by atoms with E-state index in [9.17, 15) is 0 Å². The van der Waals surface area contributed by atoms with Gasteiger partial charge in [0.15, 0.2) is 0 Å². The Morgan fingerprint density at radius 2 is 1.95 bits per heavy atom. The van der Waals surface area contributed by atoms with Gasteiger partial charge in [0.1, 0.15) is 0 Å². The molecule has 2 aliphatic rings. The van der Waals surface area contributed by atoms with E-state index in [4.69, 9.17) is 11.6 Å². The van der Waals surface area contributed by atoms with Gasteiger partial charge in [0.2, 0.25) is 0 Å². The highest BCUT2D eigenvalue weighted by Crippen LogP contribution is 2.22. The summed E-state index contributed by atoms with van der Waals surface area (Å²) in [6.07, 6.45) is 4.07. The van der Waals surface area contributed by atoms with Crippen LogP contribution in [0.1, 0.15) is 30.4 Å². The Kier molecular flexibility index (Phi) is 5.13. The maximum Gasteiger partial charge on any atom is 0.0438 e. The highest BCUT2D eigenvalue weighted by molar-refractivity contribution is 6.31. The van der Waals surface area contributed by atoms with E-state index in [0.717, 1.165) is 17.1 Å². The molecule has 19 heavy (non-hydrogen) atoms. The first-order valence-electron chi connectivity index (χ1n) is 6.94. The lowest BCUT2D eigenvalue weighted by molar-refractivity contribution is 0.119. The molecule has 4 heteroatoms. The number of benzene rings is 1. The second-order valence-corrected chi connectivity index (χ2v) is 6.18. The molecule has 0 spiro atoms. The fourth-order valence-corrected chi connectivity index (χ4v) is 3.42. The van der Waals surface area contributed by atoms with Gasteiger partial charge in [-0.2, -0.15) is 0 Å². The van der Waals surface area contributed by atoms with Crippen molar-refractivity contribution in [3.8, 4) is 0 Å². The van der Waals surface area contributed by atoms with Gasteiger partial charge >= 0.3 is 0 Å². The first-order chi connectivity index (χ1) is 8.70. The number of halogens is 2. The predicted molar refractivity (Wildman–Crippen MR) is 83.3 cm³/mol. The second-order valence-electron chi connectivity index (χ2n) is 5.77. The van der Waals surface area contributed by atoms with Crippen molar-refractivity contribution in [2.45, 2.75) is 44.8 Å². The SMILES string of the molecule is Cc1ccc(CN2CC3CCCC(C2)N3)cc1Cl.Cl. The number of fused-ring (bicyclic) bond motifs is 2. The van der Waals surface area contributed by atoms with Crippen molar-refractivity contribution >= 4 is 24.0 Å². The molecule has 2 bridgehead atoms. The van der Waals surface area contributed by atoms with E-state index >= 15 is 0 Å². The third kappa shape index (κ3) is 3.63. The maximum absolute atomic E-state index is 6.20. The van der Waals surface area contributed by atoms with Crippen LogP contribution in [0.15, 0.2) is 18.2 Å². The van der Waals surface area contributed by atoms with E-state index in [1.165, 1.54) is 37.9 Å². The topological polar surface area (TPSA) is 15.3 Å². The van der Waals surface area contributed by atoms with E-state index in [1.807, 2.05) is 0 Å². The number of nitrogens with zero attached hydrogens (tertiary/aromatic N) is 1. The number of hydrogen-bond donors (Lipinski definition) is 1. The molecule has 2 saturated heterocycles. The van der Waals surface area contributed by atoms with Gasteiger partial charge in [-0.3, -0.25) is 4.90 Å². The van der Waals surface area contributed by atoms with E-state index < -0.39 is 0 Å². The van der Waals surface area contributed by atoms with E-state index in [2.05, 4.69) is 35.3 Å². The molecule has 2 atom stereocenters. The normalized spacial score (nSPS) is 26.8. The molecule has 2 aliphatic heterocycles. The van der Waals surface area contributed by atoms with Crippen LogP contribution in [0.5, 0.6) is 0 Å². The third-order valence-electron chi connectivity index (χ3n) is 4.18. The van der Waals surface area contributed by atoms with E-state index in [1.54, 1.807) is 0 Å². The molecule has 3 rings (SSSR count). The summed E-state index contributed by atoms with van der Waals surface area (Å²) in [6, 6.07) is 7.87. The Bertz CT molecular complexity index is 424. The Morgan fingerprint density at radius 3 is 2.58 bits per heavy atom. The van der Waals surface area contributed by atoms with Crippen LogP contribution < -0.4 is 5.32 Å². The van der Waals surface area contributed by atoms with Gasteiger partial charge in [0, 0.05) is 36.7 Å². The largest absolute Gasteiger partial charge is 0.309 e. The summed E-state index contributed by atoms with van der Waals surface area (Å²) in [6.45, 7) is 5.46. The molecule has 1 aromatic carbocycles. The standard InChI is InChI=1S/C15H21ClN2.ClH/c1-11-5-6-12(7-15(11)16)8-18-9-13-3-2-4-14(10-18)17-13;/h5-7,13-14,17H,2-4,8-10H2,1H3;1H. The van der Waals surface area contributed by atoms with Crippen molar-refractivity contribution in [3.05, 3.63) is 34.3 Å². The fourth-order valence-electron chi connectivity index (χ4n) is 3.22. The third-order valence-corrected chi connectivity index (χ3v) is 4.58. The van der Waals surface area contributed by atoms with Gasteiger partial charge in [-0.25, -0.2) is 0 Å². The lowest BCUT2D eigenvalue weighted by Gasteiger charge is -2.42. The number of hydrogen-bond acceptors (Lipinski definition) is 2. The molecule has 0 aromatic heterocycles. The molecule has 0 radical (unpaired) electrons. The molecule has 106 valence electrons. The van der Waals surface area contributed by atoms with Crippen molar-refractivity contribution in [3.63, 3.8) is 0 Å². The average molecular weight is 301 g/mol. The van der Waals surface area contributed by atoms with Gasteiger partial charge < -0.3 is 5.32 Å². The number of piperidine rings is 1. The minimum atomic E-state index is 0. The summed E-state index contributed by atoms with van der Waals surface area (Å²) >= 11 is 6.20. The highest BCUT2D eigenvalue weighted by atomic mass is 35.5. The van der Waals surface area contributed by atoms with Gasteiger partial charge in [0.05, 0.1) is 0 Å².